The van der Waals surface area contributed by atoms with Crippen LogP contribution in [0.25, 0.3) is 0 Å². The number of nitrogens with two attached hydrogens (primary N) is 1. The van der Waals surface area contributed by atoms with E-state index >= 15 is 0 Å². The number of nitrogen functional groups attached to an aromatic ring is 1. The molecule has 0 saturated heterocycles. The lowest BCUT2D eigenvalue weighted by Crippen LogP contribution is -2.04. The second-order valence-corrected chi connectivity index (χ2v) is 4.83. The van der Waals surface area contributed by atoms with Gasteiger partial charge in [-0.05, 0) is 36.8 Å². The van der Waals surface area contributed by atoms with Gasteiger partial charge in [0.25, 0.3) is 0 Å². The topological polar surface area (TPSA) is 43.1 Å². The molecule has 2 aromatic rings. The van der Waals surface area contributed by atoms with Crippen LogP contribution >= 0.6 is 15.9 Å². The van der Waals surface area contributed by atoms with Crippen LogP contribution < -0.4 is 5.73 Å². The van der Waals surface area contributed by atoms with Gasteiger partial charge in [-0.3, -0.25) is 4.79 Å². The molecule has 0 amide bonds. The van der Waals surface area contributed by atoms with Gasteiger partial charge in [-0.1, -0.05) is 34.1 Å². The van der Waals surface area contributed by atoms with Gasteiger partial charge in [0.1, 0.15) is 0 Å². The molecule has 0 aliphatic rings. The van der Waals surface area contributed by atoms with Gasteiger partial charge in [-0.25, -0.2) is 0 Å². The number of rotatable bonds is 2. The van der Waals surface area contributed by atoms with Crippen molar-refractivity contribution < 1.29 is 4.79 Å². The van der Waals surface area contributed by atoms with Crippen LogP contribution in [0.3, 0.4) is 0 Å². The number of ketones is 1. The third-order valence-corrected chi connectivity index (χ3v) is 3.09. The van der Waals surface area contributed by atoms with Crippen LogP contribution in [0.1, 0.15) is 21.5 Å². The van der Waals surface area contributed by atoms with Crippen molar-refractivity contribution in [1.29, 1.82) is 0 Å². The first-order chi connectivity index (χ1) is 8.08. The van der Waals surface area contributed by atoms with Gasteiger partial charge < -0.3 is 5.73 Å². The lowest BCUT2D eigenvalue weighted by atomic mass is 9.99. The van der Waals surface area contributed by atoms with Gasteiger partial charge in [-0.2, -0.15) is 0 Å². The molecule has 0 aliphatic carbocycles. The molecule has 3 heteroatoms. The molecule has 0 bridgehead atoms. The molecule has 17 heavy (non-hydrogen) atoms. The van der Waals surface area contributed by atoms with Crippen LogP contribution in [0.4, 0.5) is 5.69 Å². The van der Waals surface area contributed by atoms with Crippen LogP contribution in [0.15, 0.2) is 46.9 Å². The van der Waals surface area contributed by atoms with Crippen LogP contribution in [0.2, 0.25) is 0 Å². The summed E-state index contributed by atoms with van der Waals surface area (Å²) in [5.41, 5.74) is 8.56. The minimum absolute atomic E-state index is 0.00361. The zero-order valence-corrected chi connectivity index (χ0v) is 11.0. The second-order valence-electron chi connectivity index (χ2n) is 3.91. The number of carbonyl (C=O) groups excluding carboxylic acids is 1. The third-order valence-electron chi connectivity index (χ3n) is 2.59. The molecule has 2 N–H and O–H groups in total. The highest BCUT2D eigenvalue weighted by Crippen LogP contribution is 2.20. The van der Waals surface area contributed by atoms with E-state index in [1.807, 2.05) is 25.1 Å². The standard InChI is InChI=1S/C14H12BrNO/c1-9-5-6-11(15)8-13(9)14(17)10-3-2-4-12(16)7-10/h2-8H,16H2,1H3. The molecule has 2 aromatic carbocycles. The van der Waals surface area contributed by atoms with Crippen molar-refractivity contribution in [2.24, 2.45) is 0 Å². The van der Waals surface area contributed by atoms with Crippen molar-refractivity contribution >= 4 is 27.4 Å². The summed E-state index contributed by atoms with van der Waals surface area (Å²) >= 11 is 3.37. The van der Waals surface area contributed by atoms with E-state index in [1.54, 1.807) is 24.3 Å². The minimum atomic E-state index is -0.00361. The van der Waals surface area contributed by atoms with Crippen LogP contribution in [0, 0.1) is 6.92 Å². The van der Waals surface area contributed by atoms with Crippen LogP contribution in [-0.2, 0) is 0 Å². The summed E-state index contributed by atoms with van der Waals surface area (Å²) in [4.78, 5) is 12.3. The molecule has 0 saturated carbocycles. The Bertz CT molecular complexity index is 578. The summed E-state index contributed by atoms with van der Waals surface area (Å²) in [6.07, 6.45) is 0. The fourth-order valence-corrected chi connectivity index (χ4v) is 2.04. The average Bonchev–Trinajstić information content (AvgIpc) is 2.31. The number of hydrogen-bond donors (Lipinski definition) is 1. The summed E-state index contributed by atoms with van der Waals surface area (Å²) in [5.74, 6) is -0.00361. The first-order valence-corrected chi connectivity index (χ1v) is 6.03. The summed E-state index contributed by atoms with van der Waals surface area (Å²) < 4.78 is 0.898. The monoisotopic (exact) mass is 289 g/mol. The van der Waals surface area contributed by atoms with E-state index in [0.29, 0.717) is 16.8 Å². The number of anilines is 1. The molecule has 0 fully saturated rings. The van der Waals surface area contributed by atoms with E-state index in [9.17, 15) is 4.79 Å². The molecule has 0 spiro atoms. The molecule has 0 radical (unpaired) electrons. The fraction of sp³-hybridized carbons (Fsp3) is 0.0714. The van der Waals surface area contributed by atoms with Gasteiger partial charge in [0, 0.05) is 21.3 Å². The predicted octanol–water partition coefficient (Wildman–Crippen LogP) is 3.57. The van der Waals surface area contributed by atoms with Crippen molar-refractivity contribution in [3.63, 3.8) is 0 Å². The quantitative estimate of drug-likeness (QED) is 0.678. The lowest BCUT2D eigenvalue weighted by molar-refractivity contribution is 0.103. The summed E-state index contributed by atoms with van der Waals surface area (Å²) in [5, 5.41) is 0. The van der Waals surface area contributed by atoms with Crippen LogP contribution in [-0.4, -0.2) is 5.78 Å². The maximum Gasteiger partial charge on any atom is 0.193 e. The van der Waals surface area contributed by atoms with Crippen molar-refractivity contribution in [2.75, 3.05) is 5.73 Å². The molecule has 0 aromatic heterocycles. The number of halogens is 1. The molecule has 0 atom stereocenters. The van der Waals surface area contributed by atoms with Crippen molar-refractivity contribution in [1.82, 2.24) is 0 Å². The van der Waals surface area contributed by atoms with Crippen molar-refractivity contribution in [3.05, 3.63) is 63.6 Å². The predicted molar refractivity (Wildman–Crippen MR) is 73.2 cm³/mol. The van der Waals surface area contributed by atoms with Gasteiger partial charge in [-0.15, -0.1) is 0 Å². The van der Waals surface area contributed by atoms with Crippen molar-refractivity contribution in [2.45, 2.75) is 6.92 Å². The van der Waals surface area contributed by atoms with E-state index in [-0.39, 0.29) is 5.78 Å². The molecular formula is C14H12BrNO. The second kappa shape index (κ2) is 4.72. The average molecular weight is 290 g/mol. The van der Waals surface area contributed by atoms with E-state index in [0.717, 1.165) is 10.0 Å². The molecule has 0 aliphatic heterocycles. The smallest absolute Gasteiger partial charge is 0.193 e. The number of benzene rings is 2. The highest BCUT2D eigenvalue weighted by atomic mass is 79.9. The summed E-state index contributed by atoms with van der Waals surface area (Å²) in [6, 6.07) is 12.7. The van der Waals surface area contributed by atoms with E-state index in [1.165, 1.54) is 0 Å². The highest BCUT2D eigenvalue weighted by molar-refractivity contribution is 9.10. The minimum Gasteiger partial charge on any atom is -0.399 e. The Morgan fingerprint density at radius 3 is 2.65 bits per heavy atom. The Hall–Kier alpha value is -1.61. The summed E-state index contributed by atoms with van der Waals surface area (Å²) in [6.45, 7) is 1.92. The normalized spacial score (nSPS) is 10.2. The van der Waals surface area contributed by atoms with E-state index in [4.69, 9.17) is 5.73 Å². The first-order valence-electron chi connectivity index (χ1n) is 5.24. The Morgan fingerprint density at radius 1 is 1.18 bits per heavy atom. The van der Waals surface area contributed by atoms with Gasteiger partial charge in [0.2, 0.25) is 0 Å². The summed E-state index contributed by atoms with van der Waals surface area (Å²) in [7, 11) is 0. The third kappa shape index (κ3) is 2.56. The molecule has 86 valence electrons. The number of aryl methyl sites for hydroxylation is 1. The van der Waals surface area contributed by atoms with Crippen molar-refractivity contribution in [3.8, 4) is 0 Å². The van der Waals surface area contributed by atoms with Gasteiger partial charge in [0.05, 0.1) is 0 Å². The molecular weight excluding hydrogens is 278 g/mol. The molecule has 2 rings (SSSR count). The zero-order chi connectivity index (χ0) is 12.4. The fourth-order valence-electron chi connectivity index (χ4n) is 1.67. The Balaban J connectivity index is 2.47. The Morgan fingerprint density at radius 2 is 1.94 bits per heavy atom. The maximum absolute atomic E-state index is 12.3. The van der Waals surface area contributed by atoms with E-state index < -0.39 is 0 Å². The van der Waals surface area contributed by atoms with Gasteiger partial charge >= 0.3 is 0 Å². The highest BCUT2D eigenvalue weighted by Gasteiger charge is 2.12. The Labute approximate surface area is 109 Å². The maximum atomic E-state index is 12.3. The lowest BCUT2D eigenvalue weighted by Gasteiger charge is -2.06. The zero-order valence-electron chi connectivity index (χ0n) is 9.41. The Kier molecular flexibility index (Phi) is 3.29. The van der Waals surface area contributed by atoms with E-state index in [2.05, 4.69) is 15.9 Å². The molecule has 0 heterocycles. The largest absolute Gasteiger partial charge is 0.399 e. The number of carbonyl (C=O) groups is 1. The molecule has 0 unspecified atom stereocenters. The SMILES string of the molecule is Cc1ccc(Br)cc1C(=O)c1cccc(N)c1. The van der Waals surface area contributed by atoms with Crippen LogP contribution in [0.5, 0.6) is 0 Å². The molecule has 2 nitrogen and oxygen atoms in total. The van der Waals surface area contributed by atoms with Gasteiger partial charge in [0.15, 0.2) is 5.78 Å². The number of hydrogen-bond acceptors (Lipinski definition) is 2. The first kappa shape index (κ1) is 11.9.